The fourth-order valence-corrected chi connectivity index (χ4v) is 10.5. The number of allylic oxidation sites excluding steroid dienone is 1. The second-order valence-corrected chi connectivity index (χ2v) is 22.2. The number of aliphatic hydroxyl groups is 8. The number of rotatable bonds is 50. The lowest BCUT2D eigenvalue weighted by Crippen LogP contribution is -2.65. The molecular weight excluding hydrogens is 943 g/mol. The van der Waals surface area contributed by atoms with E-state index in [1.165, 1.54) is 212 Å². The Hall–Kier alpha value is -1.27. The number of amides is 1. The van der Waals surface area contributed by atoms with Crippen molar-refractivity contribution in [2.45, 2.75) is 344 Å². The van der Waals surface area contributed by atoms with Gasteiger partial charge in [-0.3, -0.25) is 4.79 Å². The maximum absolute atomic E-state index is 13.0. The molecule has 2 aliphatic heterocycles. The van der Waals surface area contributed by atoms with E-state index in [-0.39, 0.29) is 18.9 Å². The summed E-state index contributed by atoms with van der Waals surface area (Å²) in [6.07, 6.45) is 38.7. The summed E-state index contributed by atoms with van der Waals surface area (Å²) in [4.78, 5) is 13.0. The van der Waals surface area contributed by atoms with E-state index in [0.29, 0.717) is 6.42 Å². The van der Waals surface area contributed by atoms with Crippen molar-refractivity contribution < 1.29 is 64.6 Å². The van der Waals surface area contributed by atoms with Crippen LogP contribution in [0.5, 0.6) is 0 Å². The van der Waals surface area contributed by atoms with Gasteiger partial charge in [-0.25, -0.2) is 0 Å². The molecule has 438 valence electrons. The molecule has 12 atom stereocenters. The first-order chi connectivity index (χ1) is 36.1. The molecule has 12 unspecified atom stereocenters. The predicted molar refractivity (Wildman–Crippen MR) is 295 cm³/mol. The summed E-state index contributed by atoms with van der Waals surface area (Å²) < 4.78 is 22.5. The highest BCUT2D eigenvalue weighted by atomic mass is 16.7. The minimum Gasteiger partial charge on any atom is -0.394 e. The van der Waals surface area contributed by atoms with Crippen LogP contribution in [0, 0.1) is 0 Å². The number of hydrogen-bond acceptors (Lipinski definition) is 13. The van der Waals surface area contributed by atoms with Crippen molar-refractivity contribution in [3.05, 3.63) is 12.2 Å². The average molecular weight is 1060 g/mol. The van der Waals surface area contributed by atoms with Gasteiger partial charge in [-0.05, 0) is 12.8 Å². The molecule has 14 heteroatoms. The smallest absolute Gasteiger partial charge is 0.220 e. The maximum atomic E-state index is 13.0. The molecule has 2 aliphatic rings. The fourth-order valence-electron chi connectivity index (χ4n) is 10.5. The van der Waals surface area contributed by atoms with Crippen LogP contribution in [0.2, 0.25) is 0 Å². The molecule has 0 aliphatic carbocycles. The number of hydrogen-bond donors (Lipinski definition) is 9. The Balaban J connectivity index is 1.43. The molecule has 14 nitrogen and oxygen atoms in total. The van der Waals surface area contributed by atoms with E-state index in [1.54, 1.807) is 6.08 Å². The molecule has 0 radical (unpaired) electrons. The lowest BCUT2D eigenvalue weighted by Gasteiger charge is -2.46. The van der Waals surface area contributed by atoms with Crippen LogP contribution in [0.4, 0.5) is 0 Å². The van der Waals surface area contributed by atoms with Crippen molar-refractivity contribution in [2.24, 2.45) is 0 Å². The largest absolute Gasteiger partial charge is 0.394 e. The Morgan fingerprint density at radius 1 is 0.473 bits per heavy atom. The Kier molecular flexibility index (Phi) is 43.4. The van der Waals surface area contributed by atoms with Crippen molar-refractivity contribution in [1.82, 2.24) is 5.32 Å². The highest BCUT2D eigenvalue weighted by molar-refractivity contribution is 5.76. The molecule has 0 spiro atoms. The standard InChI is InChI=1S/C60H115NO13/c1-3-5-7-8-9-10-11-12-13-14-15-16-17-18-19-20-21-22-23-24-25-26-27-28-29-30-31-32-33-34-35-36-37-38-39-40-42-44-52(65)61-48(49(64)43-41-6-4-2)47-71-59-57(70)55(68)58(51(46-63)73-59)74-60-56(69)54(67)53(66)50(45-62)72-60/h41,43,48-51,53-60,62-64,66-70H,3-40,42,44-47H2,1-2H3,(H,61,65)/b43-41+. The number of ether oxygens (including phenoxy) is 4. The van der Waals surface area contributed by atoms with Gasteiger partial charge in [0, 0.05) is 6.42 Å². The van der Waals surface area contributed by atoms with Crippen LogP contribution in [0.15, 0.2) is 12.2 Å². The van der Waals surface area contributed by atoms with E-state index in [1.807, 2.05) is 13.0 Å². The number of aliphatic hydroxyl groups excluding tert-OH is 8. The molecule has 0 saturated carbocycles. The number of nitrogens with one attached hydrogen (secondary N) is 1. The Labute approximate surface area is 450 Å². The Bertz CT molecular complexity index is 1290. The number of unbranched alkanes of at least 4 members (excludes halogenated alkanes) is 37. The van der Waals surface area contributed by atoms with Gasteiger partial charge in [0.2, 0.25) is 5.91 Å². The number of carbonyl (C=O) groups is 1. The van der Waals surface area contributed by atoms with Crippen LogP contribution < -0.4 is 5.32 Å². The normalized spacial score (nSPS) is 25.2. The van der Waals surface area contributed by atoms with Crippen molar-refractivity contribution >= 4 is 5.91 Å². The van der Waals surface area contributed by atoms with Crippen molar-refractivity contribution in [1.29, 1.82) is 0 Å². The summed E-state index contributed by atoms with van der Waals surface area (Å²) >= 11 is 0. The third kappa shape index (κ3) is 32.0. The highest BCUT2D eigenvalue weighted by Crippen LogP contribution is 2.30. The summed E-state index contributed by atoms with van der Waals surface area (Å²) in [5.74, 6) is -0.246. The van der Waals surface area contributed by atoms with Crippen molar-refractivity contribution in [3.8, 4) is 0 Å². The van der Waals surface area contributed by atoms with E-state index in [9.17, 15) is 45.6 Å². The lowest BCUT2D eigenvalue weighted by atomic mass is 9.97. The van der Waals surface area contributed by atoms with Crippen LogP contribution in [0.1, 0.15) is 271 Å². The van der Waals surface area contributed by atoms with E-state index >= 15 is 0 Å². The molecule has 2 saturated heterocycles. The SMILES string of the molecule is CCC/C=C/C(O)C(COC1OC(CO)C(OC2OC(CO)C(O)C(O)C2O)C(O)C1O)NC(=O)CCCCCCCCCCCCCCCCCCCCCCCCCCCCCCCCCCCCCCC. The minimum atomic E-state index is -1.78. The molecule has 2 fully saturated rings. The van der Waals surface area contributed by atoms with Gasteiger partial charge in [0.1, 0.15) is 48.8 Å². The second kappa shape index (κ2) is 46.6. The molecule has 0 aromatic heterocycles. The van der Waals surface area contributed by atoms with Crippen molar-refractivity contribution in [3.63, 3.8) is 0 Å². The molecule has 74 heavy (non-hydrogen) atoms. The first-order valence-electron chi connectivity index (χ1n) is 30.9. The van der Waals surface area contributed by atoms with E-state index < -0.39 is 86.8 Å². The summed E-state index contributed by atoms with van der Waals surface area (Å²) in [7, 11) is 0. The van der Waals surface area contributed by atoms with E-state index in [0.717, 1.165) is 32.1 Å². The Morgan fingerprint density at radius 2 is 0.838 bits per heavy atom. The van der Waals surface area contributed by atoms with Gasteiger partial charge < -0.3 is 65.1 Å². The topological polar surface area (TPSA) is 228 Å². The molecular formula is C60H115NO13. The first-order valence-corrected chi connectivity index (χ1v) is 30.9. The zero-order valence-corrected chi connectivity index (χ0v) is 47.1. The van der Waals surface area contributed by atoms with Crippen LogP contribution in [-0.2, 0) is 23.7 Å². The van der Waals surface area contributed by atoms with Crippen molar-refractivity contribution in [2.75, 3.05) is 19.8 Å². The van der Waals surface area contributed by atoms with Gasteiger partial charge in [-0.15, -0.1) is 0 Å². The first kappa shape index (κ1) is 68.8. The molecule has 2 heterocycles. The van der Waals surface area contributed by atoms with E-state index in [2.05, 4.69) is 12.2 Å². The summed E-state index contributed by atoms with van der Waals surface area (Å²) in [6.45, 7) is 2.59. The highest BCUT2D eigenvalue weighted by Gasteiger charge is 2.51. The van der Waals surface area contributed by atoms with Crippen LogP contribution >= 0.6 is 0 Å². The van der Waals surface area contributed by atoms with Gasteiger partial charge >= 0.3 is 0 Å². The van der Waals surface area contributed by atoms with Crippen LogP contribution in [0.3, 0.4) is 0 Å². The van der Waals surface area contributed by atoms with Gasteiger partial charge in [0.05, 0.1) is 32.0 Å². The third-order valence-electron chi connectivity index (χ3n) is 15.5. The quantitative estimate of drug-likeness (QED) is 0.0204. The van der Waals surface area contributed by atoms with Crippen LogP contribution in [0.25, 0.3) is 0 Å². The van der Waals surface area contributed by atoms with Crippen LogP contribution in [-0.4, -0.2) is 140 Å². The van der Waals surface area contributed by atoms with E-state index in [4.69, 9.17) is 18.9 Å². The zero-order chi connectivity index (χ0) is 53.9. The third-order valence-corrected chi connectivity index (χ3v) is 15.5. The van der Waals surface area contributed by atoms with Gasteiger partial charge in [0.15, 0.2) is 12.6 Å². The minimum absolute atomic E-state index is 0.246. The number of carbonyl (C=O) groups excluding carboxylic acids is 1. The fraction of sp³-hybridized carbons (Fsp3) is 0.950. The zero-order valence-electron chi connectivity index (χ0n) is 47.1. The monoisotopic (exact) mass is 1060 g/mol. The molecule has 9 N–H and O–H groups in total. The van der Waals surface area contributed by atoms with Gasteiger partial charge in [0.25, 0.3) is 0 Å². The maximum Gasteiger partial charge on any atom is 0.220 e. The molecule has 1 amide bonds. The second-order valence-electron chi connectivity index (χ2n) is 22.2. The van der Waals surface area contributed by atoms with Gasteiger partial charge in [-0.1, -0.05) is 264 Å². The lowest BCUT2D eigenvalue weighted by molar-refractivity contribution is -0.359. The predicted octanol–water partition coefficient (Wildman–Crippen LogP) is 10.7. The average Bonchev–Trinajstić information content (AvgIpc) is 3.40. The summed E-state index contributed by atoms with van der Waals surface area (Å²) in [5.41, 5.74) is 0. The molecule has 0 aromatic carbocycles. The Morgan fingerprint density at radius 3 is 1.22 bits per heavy atom. The summed E-state index contributed by atoms with van der Waals surface area (Å²) in [5, 5.41) is 86.0. The molecule has 0 aromatic rings. The van der Waals surface area contributed by atoms with Gasteiger partial charge in [-0.2, -0.15) is 0 Å². The molecule has 0 bridgehead atoms. The summed E-state index contributed by atoms with van der Waals surface area (Å²) in [6, 6.07) is -0.906. The molecule has 2 rings (SSSR count).